The Hall–Kier alpha value is -5.96. The molecule has 0 aliphatic heterocycles. The monoisotopic (exact) mass is 709 g/mol. The van der Waals surface area contributed by atoms with Crippen LogP contribution in [0.5, 0.6) is 0 Å². The normalized spacial score (nSPS) is 14.6. The fourth-order valence-corrected chi connectivity index (χ4v) is 10.8. The first-order valence-corrected chi connectivity index (χ1v) is 19.8. The predicted octanol–water partition coefficient (Wildman–Crippen LogP) is 15.0. The Balaban J connectivity index is 1.07. The maximum Gasteiger partial charge on any atom is 0.0543 e. The number of nitrogens with zero attached hydrogens (tertiary/aromatic N) is 1. The van der Waals surface area contributed by atoms with Crippen molar-refractivity contribution in [1.82, 2.24) is 0 Å². The zero-order valence-electron chi connectivity index (χ0n) is 30.9. The van der Waals surface area contributed by atoms with Crippen LogP contribution in [0.1, 0.15) is 49.9 Å². The molecule has 1 heterocycles. The zero-order chi connectivity index (χ0) is 36.3. The second-order valence-corrected chi connectivity index (χ2v) is 17.2. The van der Waals surface area contributed by atoms with Crippen LogP contribution in [0.3, 0.4) is 0 Å². The van der Waals surface area contributed by atoms with Crippen molar-refractivity contribution in [3.63, 3.8) is 0 Å². The molecule has 11 rings (SSSR count). The number of hydrogen-bond donors (Lipinski definition) is 0. The minimum Gasteiger partial charge on any atom is -0.310 e. The van der Waals surface area contributed by atoms with Gasteiger partial charge in [-0.3, -0.25) is 0 Å². The number of fused-ring (bicyclic) bond motifs is 10. The molecule has 0 saturated heterocycles. The molecule has 0 atom stereocenters. The van der Waals surface area contributed by atoms with Crippen LogP contribution in [0, 0.1) is 0 Å². The Morgan fingerprint density at radius 3 is 1.89 bits per heavy atom. The highest BCUT2D eigenvalue weighted by atomic mass is 32.1. The van der Waals surface area contributed by atoms with Crippen molar-refractivity contribution in [2.45, 2.75) is 38.5 Å². The minimum absolute atomic E-state index is 0.0456. The molecule has 0 spiro atoms. The van der Waals surface area contributed by atoms with Gasteiger partial charge in [-0.05, 0) is 115 Å². The van der Waals surface area contributed by atoms with Crippen molar-refractivity contribution in [2.75, 3.05) is 4.90 Å². The van der Waals surface area contributed by atoms with E-state index in [-0.39, 0.29) is 10.8 Å². The molecular weight excluding hydrogens is 671 g/mol. The van der Waals surface area contributed by atoms with Gasteiger partial charge in [0.25, 0.3) is 0 Å². The first-order valence-electron chi connectivity index (χ1n) is 19.0. The van der Waals surface area contributed by atoms with Crippen molar-refractivity contribution in [2.24, 2.45) is 0 Å². The van der Waals surface area contributed by atoms with E-state index in [1.165, 1.54) is 98.0 Å². The predicted molar refractivity (Wildman–Crippen MR) is 232 cm³/mol. The molecule has 2 aliphatic carbocycles. The Labute approximate surface area is 320 Å². The summed E-state index contributed by atoms with van der Waals surface area (Å²) in [6.45, 7) is 9.44. The van der Waals surface area contributed by atoms with E-state index in [4.69, 9.17) is 0 Å². The van der Waals surface area contributed by atoms with E-state index in [1.54, 1.807) is 0 Å². The molecule has 0 saturated carbocycles. The average Bonchev–Trinajstić information content (AvgIpc) is 3.76. The SMILES string of the molecule is CC1(C)c2ccccc2-c2cc(N(c3ccc(-c4ccc5cc6sc7ccccc7c6cc5c4)cc3)c3cccc4c3-c3ccccc3C4(C)C)ccc21. The number of thiophene rings is 1. The smallest absolute Gasteiger partial charge is 0.0543 e. The van der Waals surface area contributed by atoms with Crippen LogP contribution in [0.4, 0.5) is 17.1 Å². The van der Waals surface area contributed by atoms with Crippen LogP contribution >= 0.6 is 11.3 Å². The van der Waals surface area contributed by atoms with Crippen molar-refractivity contribution in [1.29, 1.82) is 0 Å². The summed E-state index contributed by atoms with van der Waals surface area (Å²) in [6.07, 6.45) is 0. The van der Waals surface area contributed by atoms with E-state index >= 15 is 0 Å². The molecule has 1 aromatic heterocycles. The van der Waals surface area contributed by atoms with Crippen LogP contribution in [0.25, 0.3) is 64.3 Å². The summed E-state index contributed by atoms with van der Waals surface area (Å²) in [5.41, 5.74) is 16.7. The second-order valence-electron chi connectivity index (χ2n) is 16.2. The zero-order valence-corrected chi connectivity index (χ0v) is 31.8. The summed E-state index contributed by atoms with van der Waals surface area (Å²) in [6, 6.07) is 61.6. The third kappa shape index (κ3) is 4.44. The number of anilines is 3. The van der Waals surface area contributed by atoms with Crippen molar-refractivity contribution < 1.29 is 0 Å². The number of benzene rings is 8. The van der Waals surface area contributed by atoms with Gasteiger partial charge in [0, 0.05) is 47.9 Å². The van der Waals surface area contributed by atoms with E-state index in [0.29, 0.717) is 0 Å². The van der Waals surface area contributed by atoms with Crippen LogP contribution in [0.2, 0.25) is 0 Å². The highest BCUT2D eigenvalue weighted by Gasteiger charge is 2.39. The molecule has 2 aliphatic rings. The van der Waals surface area contributed by atoms with E-state index in [0.717, 1.165) is 5.69 Å². The topological polar surface area (TPSA) is 3.24 Å². The fraction of sp³-hybridized carbons (Fsp3) is 0.115. The van der Waals surface area contributed by atoms with Gasteiger partial charge in [0.1, 0.15) is 0 Å². The molecule has 1 nitrogen and oxygen atoms in total. The lowest BCUT2D eigenvalue weighted by Crippen LogP contribution is -2.16. The molecule has 0 N–H and O–H groups in total. The maximum atomic E-state index is 2.49. The Bertz CT molecular complexity index is 3000. The molecule has 8 aromatic carbocycles. The quantitative estimate of drug-likeness (QED) is 0.176. The van der Waals surface area contributed by atoms with Crippen LogP contribution in [-0.4, -0.2) is 0 Å². The van der Waals surface area contributed by atoms with Crippen LogP contribution < -0.4 is 4.90 Å². The molecule has 0 radical (unpaired) electrons. The summed E-state index contributed by atoms with van der Waals surface area (Å²) in [4.78, 5) is 2.49. The number of rotatable bonds is 4. The lowest BCUT2D eigenvalue weighted by Gasteiger charge is -2.30. The Kier molecular flexibility index (Phi) is 6.59. The van der Waals surface area contributed by atoms with Gasteiger partial charge < -0.3 is 4.90 Å². The Morgan fingerprint density at radius 1 is 0.407 bits per heavy atom. The van der Waals surface area contributed by atoms with Crippen molar-refractivity contribution in [3.8, 4) is 33.4 Å². The van der Waals surface area contributed by atoms with Gasteiger partial charge in [0.05, 0.1) is 5.69 Å². The van der Waals surface area contributed by atoms with E-state index in [1.807, 2.05) is 11.3 Å². The minimum atomic E-state index is -0.0880. The summed E-state index contributed by atoms with van der Waals surface area (Å²) in [5, 5.41) is 5.23. The van der Waals surface area contributed by atoms with E-state index in [2.05, 4.69) is 196 Å². The largest absolute Gasteiger partial charge is 0.310 e. The summed E-state index contributed by atoms with van der Waals surface area (Å²) >= 11 is 1.88. The second kappa shape index (κ2) is 11.3. The van der Waals surface area contributed by atoms with Crippen molar-refractivity contribution >= 4 is 59.3 Å². The molecule has 0 bridgehead atoms. The highest BCUT2D eigenvalue weighted by Crippen LogP contribution is 2.55. The molecular formula is C52H39NS. The van der Waals surface area contributed by atoms with E-state index in [9.17, 15) is 0 Å². The highest BCUT2D eigenvalue weighted by molar-refractivity contribution is 7.25. The lowest BCUT2D eigenvalue weighted by molar-refractivity contribution is 0.660. The first kappa shape index (κ1) is 31.6. The Morgan fingerprint density at radius 2 is 1.06 bits per heavy atom. The van der Waals surface area contributed by atoms with Gasteiger partial charge in [-0.1, -0.05) is 137 Å². The van der Waals surface area contributed by atoms with Crippen molar-refractivity contribution in [3.05, 3.63) is 186 Å². The van der Waals surface area contributed by atoms with Gasteiger partial charge in [-0.2, -0.15) is 0 Å². The molecule has 54 heavy (non-hydrogen) atoms. The van der Waals surface area contributed by atoms with Gasteiger partial charge >= 0.3 is 0 Å². The molecule has 9 aromatic rings. The molecule has 0 unspecified atom stereocenters. The average molecular weight is 710 g/mol. The standard InChI is InChI=1S/C52H39NS/c1-51(2)43-15-8-5-12-38(43)41-31-37(26-27-45(41)51)53(47-18-11-17-46-50(47)40-14-6-9-16-44(40)52(46,3)4)36-24-22-32(23-25-36)33-20-21-34-30-49-42(29-35(34)28-33)39-13-7-10-19-48(39)54-49/h5-31H,1-4H3. The summed E-state index contributed by atoms with van der Waals surface area (Å²) in [5.74, 6) is 0. The molecule has 0 fully saturated rings. The third-order valence-corrected chi connectivity index (χ3v) is 13.6. The van der Waals surface area contributed by atoms with Crippen LogP contribution in [0.15, 0.2) is 164 Å². The molecule has 0 amide bonds. The summed E-state index contributed by atoms with van der Waals surface area (Å²) < 4.78 is 2.69. The van der Waals surface area contributed by atoms with Gasteiger partial charge in [0.2, 0.25) is 0 Å². The van der Waals surface area contributed by atoms with Gasteiger partial charge in [0.15, 0.2) is 0 Å². The first-order chi connectivity index (χ1) is 26.3. The van der Waals surface area contributed by atoms with Gasteiger partial charge in [-0.25, -0.2) is 0 Å². The lowest BCUT2D eigenvalue weighted by atomic mass is 9.82. The third-order valence-electron chi connectivity index (χ3n) is 12.4. The maximum absolute atomic E-state index is 2.49. The van der Waals surface area contributed by atoms with Crippen LogP contribution in [-0.2, 0) is 10.8 Å². The number of hydrogen-bond acceptors (Lipinski definition) is 2. The molecule has 258 valence electrons. The van der Waals surface area contributed by atoms with E-state index < -0.39 is 0 Å². The van der Waals surface area contributed by atoms with Gasteiger partial charge in [-0.15, -0.1) is 11.3 Å². The molecule has 2 heteroatoms. The summed E-state index contributed by atoms with van der Waals surface area (Å²) in [7, 11) is 0. The fourth-order valence-electron chi connectivity index (χ4n) is 9.65.